The molecule has 3 heterocycles. The first kappa shape index (κ1) is 21.5. The topological polar surface area (TPSA) is 55.9 Å². The maximum atomic E-state index is 12.8. The first-order chi connectivity index (χ1) is 10.5. The lowest BCUT2D eigenvalue weighted by molar-refractivity contribution is -0.136. The number of amides is 2. The van der Waals surface area contributed by atoms with Gasteiger partial charge in [-0.15, -0.1) is 24.8 Å². The van der Waals surface area contributed by atoms with Crippen LogP contribution in [0.15, 0.2) is 0 Å². The molecule has 3 fully saturated rings. The number of carbonyl (C=O) groups excluding carboxylic acids is 2. The second-order valence-electron chi connectivity index (χ2n) is 7.25. The van der Waals surface area contributed by atoms with E-state index in [0.717, 1.165) is 32.6 Å². The van der Waals surface area contributed by atoms with Crippen molar-refractivity contribution >= 4 is 36.6 Å². The molecule has 0 aliphatic carbocycles. The van der Waals surface area contributed by atoms with Crippen LogP contribution in [0.3, 0.4) is 0 Å². The molecule has 8 heteroatoms. The van der Waals surface area contributed by atoms with Gasteiger partial charge in [-0.3, -0.25) is 9.59 Å². The molecule has 3 aliphatic rings. The van der Waals surface area contributed by atoms with Gasteiger partial charge in [-0.05, 0) is 33.4 Å². The minimum absolute atomic E-state index is 0. The Morgan fingerprint density at radius 3 is 2.58 bits per heavy atom. The van der Waals surface area contributed by atoms with Crippen molar-refractivity contribution in [3.05, 3.63) is 0 Å². The number of carbonyl (C=O) groups is 2. The van der Waals surface area contributed by atoms with Gasteiger partial charge >= 0.3 is 0 Å². The van der Waals surface area contributed by atoms with Gasteiger partial charge in [0, 0.05) is 51.2 Å². The molecule has 0 saturated carbocycles. The van der Waals surface area contributed by atoms with Gasteiger partial charge < -0.3 is 20.0 Å². The minimum Gasteiger partial charge on any atom is -0.341 e. The third-order valence-corrected chi connectivity index (χ3v) is 5.22. The Morgan fingerprint density at radius 2 is 1.88 bits per heavy atom. The largest absolute Gasteiger partial charge is 0.341 e. The van der Waals surface area contributed by atoms with Crippen molar-refractivity contribution in [1.82, 2.24) is 20.0 Å². The summed E-state index contributed by atoms with van der Waals surface area (Å²) in [4.78, 5) is 30.8. The van der Waals surface area contributed by atoms with Crippen LogP contribution >= 0.6 is 24.8 Å². The van der Waals surface area contributed by atoms with Gasteiger partial charge in [0.05, 0.1) is 5.92 Å². The van der Waals surface area contributed by atoms with Gasteiger partial charge in [0.1, 0.15) is 0 Å². The van der Waals surface area contributed by atoms with Crippen molar-refractivity contribution in [2.75, 3.05) is 46.8 Å². The van der Waals surface area contributed by atoms with Crippen LogP contribution in [-0.2, 0) is 9.59 Å². The maximum absolute atomic E-state index is 12.8. The molecule has 3 atom stereocenters. The molecule has 6 nitrogen and oxygen atoms in total. The summed E-state index contributed by atoms with van der Waals surface area (Å²) in [6, 6.07) is 1.04. The van der Waals surface area contributed by atoms with Crippen molar-refractivity contribution < 1.29 is 9.59 Å². The summed E-state index contributed by atoms with van der Waals surface area (Å²) in [5, 5.41) is 3.60. The molecule has 2 bridgehead atoms. The number of fused-ring (bicyclic) bond motifs is 2. The minimum atomic E-state index is -0.133. The molecule has 140 valence electrons. The van der Waals surface area contributed by atoms with Crippen molar-refractivity contribution in [2.45, 2.75) is 37.8 Å². The summed E-state index contributed by atoms with van der Waals surface area (Å²) in [5.74, 6) is 0.191. The molecule has 0 aromatic heterocycles. The van der Waals surface area contributed by atoms with Crippen LogP contribution in [-0.4, -0.2) is 85.4 Å². The number of nitrogens with zero attached hydrogens (tertiary/aromatic N) is 3. The monoisotopic (exact) mass is 380 g/mol. The maximum Gasteiger partial charge on any atom is 0.228 e. The zero-order valence-corrected chi connectivity index (χ0v) is 16.2. The molecule has 0 radical (unpaired) electrons. The number of halogens is 2. The highest BCUT2D eigenvalue weighted by Gasteiger charge is 2.38. The van der Waals surface area contributed by atoms with Crippen LogP contribution in [0.5, 0.6) is 0 Å². The van der Waals surface area contributed by atoms with Gasteiger partial charge in [-0.2, -0.15) is 0 Å². The van der Waals surface area contributed by atoms with Crippen LogP contribution in [0.2, 0.25) is 0 Å². The Morgan fingerprint density at radius 1 is 1.17 bits per heavy atom. The van der Waals surface area contributed by atoms with Crippen LogP contribution < -0.4 is 5.32 Å². The third kappa shape index (κ3) is 4.97. The SMILES string of the molecule is CN(C)CCN1CC(C(=O)N2CCC3CCC(C2)N3)CC1=O.Cl.Cl. The van der Waals surface area contributed by atoms with Crippen molar-refractivity contribution in [3.8, 4) is 0 Å². The van der Waals surface area contributed by atoms with E-state index >= 15 is 0 Å². The molecule has 0 aromatic rings. The third-order valence-electron chi connectivity index (χ3n) is 5.22. The lowest BCUT2D eigenvalue weighted by atomic mass is 10.0. The zero-order valence-electron chi connectivity index (χ0n) is 14.6. The van der Waals surface area contributed by atoms with Crippen LogP contribution in [0, 0.1) is 5.92 Å². The molecular formula is C16H30Cl2N4O2. The molecular weight excluding hydrogens is 351 g/mol. The zero-order chi connectivity index (χ0) is 15.7. The lowest BCUT2D eigenvalue weighted by Crippen LogP contribution is -2.43. The number of likely N-dealkylation sites (tertiary alicyclic amines) is 2. The van der Waals surface area contributed by atoms with E-state index in [-0.39, 0.29) is 42.5 Å². The molecule has 3 unspecified atom stereocenters. The molecule has 1 N–H and O–H groups in total. The highest BCUT2D eigenvalue weighted by molar-refractivity contribution is 5.89. The van der Waals surface area contributed by atoms with E-state index in [1.165, 1.54) is 12.8 Å². The van der Waals surface area contributed by atoms with Gasteiger partial charge in [-0.1, -0.05) is 0 Å². The molecule has 3 aliphatic heterocycles. The Bertz CT molecular complexity index is 450. The van der Waals surface area contributed by atoms with Crippen LogP contribution in [0.25, 0.3) is 0 Å². The first-order valence-corrected chi connectivity index (χ1v) is 8.50. The lowest BCUT2D eigenvalue weighted by Gasteiger charge is -2.27. The molecule has 2 amide bonds. The number of likely N-dealkylation sites (N-methyl/N-ethyl adjacent to an activating group) is 1. The fourth-order valence-corrected chi connectivity index (χ4v) is 3.88. The highest BCUT2D eigenvalue weighted by atomic mass is 35.5. The van der Waals surface area contributed by atoms with Crippen LogP contribution in [0.1, 0.15) is 25.7 Å². The second kappa shape index (κ2) is 9.22. The fraction of sp³-hybridized carbons (Fsp3) is 0.875. The average molecular weight is 381 g/mol. The molecule has 0 spiro atoms. The Balaban J connectivity index is 0.00000144. The van der Waals surface area contributed by atoms with E-state index < -0.39 is 0 Å². The van der Waals surface area contributed by atoms with E-state index in [1.54, 1.807) is 0 Å². The quantitative estimate of drug-likeness (QED) is 0.775. The number of hydrogen-bond acceptors (Lipinski definition) is 4. The van der Waals surface area contributed by atoms with E-state index in [4.69, 9.17) is 0 Å². The second-order valence-corrected chi connectivity index (χ2v) is 7.25. The first-order valence-electron chi connectivity index (χ1n) is 8.50. The molecule has 3 saturated heterocycles. The van der Waals surface area contributed by atoms with E-state index in [2.05, 4.69) is 10.2 Å². The van der Waals surface area contributed by atoms with Crippen molar-refractivity contribution in [2.24, 2.45) is 5.92 Å². The van der Waals surface area contributed by atoms with Crippen LogP contribution in [0.4, 0.5) is 0 Å². The number of rotatable bonds is 4. The number of hydrogen-bond donors (Lipinski definition) is 1. The van der Waals surface area contributed by atoms with Gasteiger partial charge in [0.15, 0.2) is 0 Å². The average Bonchev–Trinajstić information content (AvgIpc) is 2.99. The van der Waals surface area contributed by atoms with Gasteiger partial charge in [0.2, 0.25) is 11.8 Å². The Labute approximate surface area is 157 Å². The van der Waals surface area contributed by atoms with Gasteiger partial charge in [-0.25, -0.2) is 0 Å². The standard InChI is InChI=1S/C16H28N4O2.2ClH/c1-18(2)7-8-19-10-12(9-15(19)21)16(22)20-6-5-13-3-4-14(11-20)17-13;;/h12-14,17H,3-11H2,1-2H3;2*1H. The molecule has 24 heavy (non-hydrogen) atoms. The van der Waals surface area contributed by atoms with Crippen molar-refractivity contribution in [1.29, 1.82) is 0 Å². The summed E-state index contributed by atoms with van der Waals surface area (Å²) >= 11 is 0. The molecule has 0 aromatic carbocycles. The normalized spacial score (nSPS) is 29.3. The summed E-state index contributed by atoms with van der Waals surface area (Å²) in [6.07, 6.45) is 3.86. The fourth-order valence-electron chi connectivity index (χ4n) is 3.88. The van der Waals surface area contributed by atoms with Crippen molar-refractivity contribution in [3.63, 3.8) is 0 Å². The van der Waals surface area contributed by atoms with Gasteiger partial charge in [0.25, 0.3) is 0 Å². The predicted molar refractivity (Wildman–Crippen MR) is 98.9 cm³/mol. The summed E-state index contributed by atoms with van der Waals surface area (Å²) in [7, 11) is 4.00. The van der Waals surface area contributed by atoms with E-state index in [0.29, 0.717) is 25.0 Å². The van der Waals surface area contributed by atoms with E-state index in [1.807, 2.05) is 23.9 Å². The predicted octanol–water partition coefficient (Wildman–Crippen LogP) is 0.593. The molecule has 3 rings (SSSR count). The summed E-state index contributed by atoms with van der Waals surface area (Å²) in [5.41, 5.74) is 0. The number of nitrogens with one attached hydrogen (secondary N) is 1. The smallest absolute Gasteiger partial charge is 0.228 e. The summed E-state index contributed by atoms with van der Waals surface area (Å²) < 4.78 is 0. The highest BCUT2D eigenvalue weighted by Crippen LogP contribution is 2.24. The Hall–Kier alpha value is -0.560. The summed E-state index contributed by atoms with van der Waals surface area (Å²) in [6.45, 7) is 3.84. The van der Waals surface area contributed by atoms with E-state index in [9.17, 15) is 9.59 Å². The Kier molecular flexibility index (Phi) is 8.26.